The van der Waals surface area contributed by atoms with Gasteiger partial charge in [0.1, 0.15) is 5.69 Å². The van der Waals surface area contributed by atoms with Gasteiger partial charge in [0.2, 0.25) is 5.95 Å². The van der Waals surface area contributed by atoms with Gasteiger partial charge in [-0.15, -0.1) is 0 Å². The van der Waals surface area contributed by atoms with E-state index in [-0.39, 0.29) is 11.7 Å². The van der Waals surface area contributed by atoms with Crippen molar-refractivity contribution in [3.63, 3.8) is 0 Å². The Kier molecular flexibility index (Phi) is 6.30. The topological polar surface area (TPSA) is 84.0 Å². The smallest absolute Gasteiger partial charge is 0.270 e. The zero-order valence-corrected chi connectivity index (χ0v) is 15.5. The lowest BCUT2D eigenvalue weighted by atomic mass is 9.97. The van der Waals surface area contributed by atoms with Gasteiger partial charge in [-0.05, 0) is 69.4 Å². The molecule has 1 aliphatic carbocycles. The number of carbonyl (C=O) groups excluding carboxylic acids is 2. The predicted molar refractivity (Wildman–Crippen MR) is 105 cm³/mol. The number of aromatic nitrogens is 2. The Morgan fingerprint density at radius 1 is 1.11 bits per heavy atom. The molecule has 2 aromatic rings. The lowest BCUT2D eigenvalue weighted by molar-refractivity contribution is 0.0948. The van der Waals surface area contributed by atoms with Crippen LogP contribution in [-0.2, 0) is 0 Å². The van der Waals surface area contributed by atoms with Crippen LogP contribution in [0.1, 0.15) is 59.9 Å². The van der Waals surface area contributed by atoms with E-state index in [9.17, 15) is 9.59 Å². The molecular formula is C21H24N4O2. The van der Waals surface area contributed by atoms with Gasteiger partial charge in [-0.1, -0.05) is 11.6 Å². The Labute approximate surface area is 159 Å². The van der Waals surface area contributed by atoms with Crippen molar-refractivity contribution in [2.45, 2.75) is 39.0 Å². The highest BCUT2D eigenvalue weighted by molar-refractivity contribution is 5.94. The molecule has 0 bridgehead atoms. The lowest BCUT2D eigenvalue weighted by Crippen LogP contribution is -2.26. The number of nitrogens with zero attached hydrogens (tertiary/aromatic N) is 2. The number of carbonyl (C=O) groups is 2. The van der Waals surface area contributed by atoms with E-state index in [1.54, 1.807) is 36.5 Å². The SMILES string of the molecule is CC(=O)c1ccc(Nc2nccc(C(=O)NCCC3=CCCCC3)n2)cc1. The maximum Gasteiger partial charge on any atom is 0.270 e. The van der Waals surface area contributed by atoms with Gasteiger partial charge in [0.25, 0.3) is 5.91 Å². The van der Waals surface area contributed by atoms with E-state index in [1.807, 2.05) is 0 Å². The zero-order valence-electron chi connectivity index (χ0n) is 15.5. The molecule has 6 heteroatoms. The number of ketones is 1. The molecule has 1 heterocycles. The van der Waals surface area contributed by atoms with Crippen LogP contribution in [0.5, 0.6) is 0 Å². The van der Waals surface area contributed by atoms with Crippen LogP contribution in [0.3, 0.4) is 0 Å². The Balaban J connectivity index is 1.56. The van der Waals surface area contributed by atoms with Crippen molar-refractivity contribution in [2.24, 2.45) is 0 Å². The molecule has 1 aromatic carbocycles. The second-order valence-electron chi connectivity index (χ2n) is 6.64. The van der Waals surface area contributed by atoms with Gasteiger partial charge >= 0.3 is 0 Å². The second-order valence-corrected chi connectivity index (χ2v) is 6.64. The van der Waals surface area contributed by atoms with E-state index in [1.165, 1.54) is 25.3 Å². The van der Waals surface area contributed by atoms with Crippen LogP contribution in [0, 0.1) is 0 Å². The molecule has 140 valence electrons. The third-order valence-corrected chi connectivity index (χ3v) is 4.55. The first-order chi connectivity index (χ1) is 13.1. The molecule has 1 aliphatic rings. The molecule has 0 fully saturated rings. The molecule has 0 radical (unpaired) electrons. The molecule has 0 saturated carbocycles. The fourth-order valence-corrected chi connectivity index (χ4v) is 3.02. The molecule has 0 aliphatic heterocycles. The number of nitrogens with one attached hydrogen (secondary N) is 2. The van der Waals surface area contributed by atoms with Gasteiger partial charge in [-0.25, -0.2) is 9.97 Å². The van der Waals surface area contributed by atoms with Crippen LogP contribution in [0.4, 0.5) is 11.6 Å². The summed E-state index contributed by atoms with van der Waals surface area (Å²) in [6, 6.07) is 8.64. The summed E-state index contributed by atoms with van der Waals surface area (Å²) in [6.07, 6.45) is 9.54. The molecule has 0 atom stereocenters. The highest BCUT2D eigenvalue weighted by Gasteiger charge is 2.10. The third-order valence-electron chi connectivity index (χ3n) is 4.55. The average molecular weight is 364 g/mol. The first-order valence-electron chi connectivity index (χ1n) is 9.29. The van der Waals surface area contributed by atoms with E-state index >= 15 is 0 Å². The van der Waals surface area contributed by atoms with Gasteiger partial charge in [-0.2, -0.15) is 0 Å². The zero-order chi connectivity index (χ0) is 19.1. The quantitative estimate of drug-likeness (QED) is 0.572. The van der Waals surface area contributed by atoms with Crippen molar-refractivity contribution in [3.05, 3.63) is 59.4 Å². The first kappa shape index (κ1) is 18.8. The molecule has 0 unspecified atom stereocenters. The summed E-state index contributed by atoms with van der Waals surface area (Å²) in [5.74, 6) is 0.150. The normalized spacial score (nSPS) is 13.6. The van der Waals surface area contributed by atoms with Gasteiger partial charge in [0, 0.05) is 24.0 Å². The monoisotopic (exact) mass is 364 g/mol. The minimum atomic E-state index is -0.205. The van der Waals surface area contributed by atoms with Crippen molar-refractivity contribution in [1.82, 2.24) is 15.3 Å². The summed E-state index contributed by atoms with van der Waals surface area (Å²) in [5, 5.41) is 5.97. The largest absolute Gasteiger partial charge is 0.350 e. The lowest BCUT2D eigenvalue weighted by Gasteiger charge is -2.13. The van der Waals surface area contributed by atoms with Crippen molar-refractivity contribution < 1.29 is 9.59 Å². The maximum absolute atomic E-state index is 12.3. The summed E-state index contributed by atoms with van der Waals surface area (Å²) >= 11 is 0. The van der Waals surface area contributed by atoms with E-state index in [0.29, 0.717) is 23.8 Å². The van der Waals surface area contributed by atoms with Crippen LogP contribution in [-0.4, -0.2) is 28.2 Å². The molecule has 6 nitrogen and oxygen atoms in total. The van der Waals surface area contributed by atoms with Crippen LogP contribution >= 0.6 is 0 Å². The third kappa shape index (κ3) is 5.48. The van der Waals surface area contributed by atoms with Gasteiger partial charge < -0.3 is 10.6 Å². The van der Waals surface area contributed by atoms with Crippen molar-refractivity contribution in [1.29, 1.82) is 0 Å². The average Bonchev–Trinajstić information content (AvgIpc) is 2.69. The fraction of sp³-hybridized carbons (Fsp3) is 0.333. The van der Waals surface area contributed by atoms with E-state index in [2.05, 4.69) is 26.7 Å². The van der Waals surface area contributed by atoms with E-state index < -0.39 is 0 Å². The Morgan fingerprint density at radius 3 is 2.63 bits per heavy atom. The van der Waals surface area contributed by atoms with Crippen LogP contribution in [0.2, 0.25) is 0 Å². The molecule has 0 saturated heterocycles. The van der Waals surface area contributed by atoms with Crippen LogP contribution in [0.15, 0.2) is 48.2 Å². The Bertz CT molecular complexity index is 844. The van der Waals surface area contributed by atoms with Gasteiger partial charge in [0.05, 0.1) is 0 Å². The first-order valence-corrected chi connectivity index (χ1v) is 9.29. The minimum Gasteiger partial charge on any atom is -0.350 e. The van der Waals surface area contributed by atoms with Gasteiger partial charge in [-0.3, -0.25) is 9.59 Å². The second kappa shape index (κ2) is 9.07. The minimum absolute atomic E-state index is 0.0143. The summed E-state index contributed by atoms with van der Waals surface area (Å²) in [5.41, 5.74) is 3.15. The summed E-state index contributed by atoms with van der Waals surface area (Å²) in [4.78, 5) is 32.1. The molecule has 3 rings (SSSR count). The number of benzene rings is 1. The molecule has 1 aromatic heterocycles. The molecule has 1 amide bonds. The predicted octanol–water partition coefficient (Wildman–Crippen LogP) is 4.04. The molecule has 2 N–H and O–H groups in total. The fourth-order valence-electron chi connectivity index (χ4n) is 3.02. The summed E-state index contributed by atoms with van der Waals surface area (Å²) in [7, 11) is 0. The van der Waals surface area contributed by atoms with Crippen molar-refractivity contribution in [2.75, 3.05) is 11.9 Å². The van der Waals surface area contributed by atoms with E-state index in [0.717, 1.165) is 24.9 Å². The van der Waals surface area contributed by atoms with E-state index in [4.69, 9.17) is 0 Å². The molecular weight excluding hydrogens is 340 g/mol. The summed E-state index contributed by atoms with van der Waals surface area (Å²) in [6.45, 7) is 2.14. The van der Waals surface area contributed by atoms with Gasteiger partial charge in [0.15, 0.2) is 5.78 Å². The van der Waals surface area contributed by atoms with Crippen LogP contribution in [0.25, 0.3) is 0 Å². The number of anilines is 2. The summed E-state index contributed by atoms with van der Waals surface area (Å²) < 4.78 is 0. The Hall–Kier alpha value is -3.02. The number of allylic oxidation sites excluding steroid dienone is 1. The highest BCUT2D eigenvalue weighted by atomic mass is 16.1. The van der Waals surface area contributed by atoms with Crippen molar-refractivity contribution in [3.8, 4) is 0 Å². The number of amides is 1. The standard InChI is InChI=1S/C21H24N4O2/c1-15(26)17-7-9-18(10-8-17)24-21-23-14-12-19(25-21)20(27)22-13-11-16-5-3-2-4-6-16/h5,7-10,12,14H,2-4,6,11,13H2,1H3,(H,22,27)(H,23,24,25). The maximum atomic E-state index is 12.3. The number of hydrogen-bond acceptors (Lipinski definition) is 5. The number of rotatable bonds is 7. The number of Topliss-reactive ketones (excluding diaryl/α,β-unsaturated/α-hetero) is 1. The Morgan fingerprint density at radius 2 is 1.93 bits per heavy atom. The van der Waals surface area contributed by atoms with Crippen molar-refractivity contribution >= 4 is 23.3 Å². The highest BCUT2D eigenvalue weighted by Crippen LogP contribution is 2.19. The number of hydrogen-bond donors (Lipinski definition) is 2. The molecule has 27 heavy (non-hydrogen) atoms. The van der Waals surface area contributed by atoms with Crippen LogP contribution < -0.4 is 10.6 Å². The molecule has 0 spiro atoms.